The first kappa shape index (κ1) is 20.1. The number of hydrogen-bond acceptors (Lipinski definition) is 5. The molecule has 0 aliphatic rings. The molecule has 1 amide bonds. The van der Waals surface area contributed by atoms with E-state index < -0.39 is 15.9 Å². The molecule has 0 aliphatic carbocycles. The number of amides is 1. The number of H-pyrrole nitrogens is 1. The number of nitrogens with one attached hydrogen (secondary N) is 2. The third-order valence-electron chi connectivity index (χ3n) is 4.03. The van der Waals surface area contributed by atoms with Crippen LogP contribution >= 0.6 is 15.9 Å². The van der Waals surface area contributed by atoms with Gasteiger partial charge < -0.3 is 9.72 Å². The number of sulfonamides is 1. The summed E-state index contributed by atoms with van der Waals surface area (Å²) in [5.74, 6) is -0.173. The molecule has 7 nitrogen and oxygen atoms in total. The number of halogens is 1. The second kappa shape index (κ2) is 8.15. The van der Waals surface area contributed by atoms with Crippen molar-refractivity contribution in [3.8, 4) is 17.1 Å². The number of aryl methyl sites for hydroxylation is 1. The number of carbonyl (C=O) groups is 1. The predicted octanol–water partition coefficient (Wildman–Crippen LogP) is 3.53. The van der Waals surface area contributed by atoms with Gasteiger partial charge in [0.25, 0.3) is 15.9 Å². The molecule has 0 saturated heterocycles. The molecule has 0 unspecified atom stereocenters. The topological polar surface area (TPSA) is 101 Å². The van der Waals surface area contributed by atoms with Crippen LogP contribution in [0.1, 0.15) is 23.1 Å². The van der Waals surface area contributed by atoms with Gasteiger partial charge >= 0.3 is 0 Å². The summed E-state index contributed by atoms with van der Waals surface area (Å²) in [5, 5.41) is 0. The van der Waals surface area contributed by atoms with Crippen LogP contribution < -0.4 is 9.46 Å². The molecule has 1 aromatic heterocycles. The van der Waals surface area contributed by atoms with Crippen LogP contribution in [-0.4, -0.2) is 31.4 Å². The summed E-state index contributed by atoms with van der Waals surface area (Å²) in [5.41, 5.74) is 1.36. The Morgan fingerprint density at radius 1 is 1.21 bits per heavy atom. The van der Waals surface area contributed by atoms with E-state index in [1.54, 1.807) is 12.1 Å². The van der Waals surface area contributed by atoms with E-state index in [9.17, 15) is 13.2 Å². The molecule has 0 saturated carbocycles. The highest BCUT2D eigenvalue weighted by Gasteiger charge is 2.25. The molecule has 28 heavy (non-hydrogen) atoms. The largest absolute Gasteiger partial charge is 0.495 e. The van der Waals surface area contributed by atoms with Crippen LogP contribution in [0.5, 0.6) is 5.75 Å². The number of rotatable bonds is 6. The molecular weight excluding hydrogens is 446 g/mol. The van der Waals surface area contributed by atoms with Crippen LogP contribution in [0.15, 0.2) is 57.9 Å². The van der Waals surface area contributed by atoms with Crippen LogP contribution in [0.2, 0.25) is 0 Å². The van der Waals surface area contributed by atoms with E-state index in [2.05, 4.69) is 30.6 Å². The number of aromatic amines is 1. The zero-order valence-electron chi connectivity index (χ0n) is 15.2. The number of benzene rings is 2. The van der Waals surface area contributed by atoms with Gasteiger partial charge in [0, 0.05) is 15.7 Å². The first-order valence-electron chi connectivity index (χ1n) is 8.40. The van der Waals surface area contributed by atoms with E-state index >= 15 is 0 Å². The maximum absolute atomic E-state index is 12.7. The number of aromatic nitrogens is 2. The first-order valence-corrected chi connectivity index (χ1v) is 10.7. The van der Waals surface area contributed by atoms with Crippen LogP contribution in [0.25, 0.3) is 11.4 Å². The van der Waals surface area contributed by atoms with Gasteiger partial charge in [-0.3, -0.25) is 4.79 Å². The number of ether oxygens (including phenoxy) is 1. The molecule has 2 aromatic carbocycles. The molecule has 0 radical (unpaired) electrons. The lowest BCUT2D eigenvalue weighted by molar-refractivity contribution is 0.0976. The highest BCUT2D eigenvalue weighted by Crippen LogP contribution is 2.24. The van der Waals surface area contributed by atoms with E-state index in [-0.39, 0.29) is 16.3 Å². The molecule has 0 fully saturated rings. The zero-order valence-corrected chi connectivity index (χ0v) is 17.6. The average molecular weight is 464 g/mol. The second-order valence-corrected chi connectivity index (χ2v) is 8.43. The fourth-order valence-electron chi connectivity index (χ4n) is 2.69. The Morgan fingerprint density at radius 3 is 2.64 bits per heavy atom. The summed E-state index contributed by atoms with van der Waals surface area (Å²) >= 11 is 3.40. The maximum Gasteiger partial charge on any atom is 0.285 e. The SMILES string of the molecule is CCc1[nH]c(-c2cccc(Br)c2)nc1C(=O)NS(=O)(=O)c1ccccc1OC. The molecule has 2 N–H and O–H groups in total. The van der Waals surface area contributed by atoms with Crippen molar-refractivity contribution in [2.24, 2.45) is 0 Å². The van der Waals surface area contributed by atoms with Gasteiger partial charge in [0.1, 0.15) is 16.5 Å². The number of hydrogen-bond donors (Lipinski definition) is 2. The lowest BCUT2D eigenvalue weighted by Gasteiger charge is -2.10. The van der Waals surface area contributed by atoms with E-state index in [1.165, 1.54) is 19.2 Å². The number of methoxy groups -OCH3 is 1. The average Bonchev–Trinajstić information content (AvgIpc) is 3.12. The highest BCUT2D eigenvalue weighted by atomic mass is 79.9. The minimum absolute atomic E-state index is 0.0379. The Morgan fingerprint density at radius 2 is 1.96 bits per heavy atom. The quantitative estimate of drug-likeness (QED) is 0.582. The van der Waals surface area contributed by atoms with Crippen molar-refractivity contribution >= 4 is 31.9 Å². The van der Waals surface area contributed by atoms with Crippen LogP contribution in [0.4, 0.5) is 0 Å². The molecule has 146 valence electrons. The zero-order chi connectivity index (χ0) is 20.3. The number of imidazole rings is 1. The maximum atomic E-state index is 12.7. The second-order valence-electron chi connectivity index (χ2n) is 5.86. The molecule has 0 atom stereocenters. The Kier molecular flexibility index (Phi) is 5.85. The van der Waals surface area contributed by atoms with Gasteiger partial charge in [0.05, 0.1) is 7.11 Å². The fourth-order valence-corrected chi connectivity index (χ4v) is 4.22. The third-order valence-corrected chi connectivity index (χ3v) is 5.89. The van der Waals surface area contributed by atoms with E-state index in [0.29, 0.717) is 17.9 Å². The van der Waals surface area contributed by atoms with Gasteiger partial charge in [0.2, 0.25) is 0 Å². The van der Waals surface area contributed by atoms with E-state index in [0.717, 1.165) is 10.0 Å². The van der Waals surface area contributed by atoms with Gasteiger partial charge in [-0.1, -0.05) is 47.1 Å². The minimum atomic E-state index is -4.12. The van der Waals surface area contributed by atoms with Gasteiger partial charge in [0.15, 0.2) is 5.69 Å². The van der Waals surface area contributed by atoms with Crippen molar-refractivity contribution in [3.63, 3.8) is 0 Å². The summed E-state index contributed by atoms with van der Waals surface area (Å²) in [4.78, 5) is 20.0. The van der Waals surface area contributed by atoms with Crippen molar-refractivity contribution in [1.82, 2.24) is 14.7 Å². The molecule has 0 spiro atoms. The van der Waals surface area contributed by atoms with Gasteiger partial charge in [-0.05, 0) is 30.7 Å². The van der Waals surface area contributed by atoms with Gasteiger partial charge in [-0.25, -0.2) is 18.1 Å². The van der Waals surface area contributed by atoms with Crippen molar-refractivity contribution in [2.75, 3.05) is 7.11 Å². The van der Waals surface area contributed by atoms with Crippen molar-refractivity contribution < 1.29 is 17.9 Å². The standard InChI is InChI=1S/C19H18BrN3O4S/c1-3-14-17(22-18(21-14)12-7-6-8-13(20)11-12)19(24)23-28(25,26)16-10-5-4-9-15(16)27-2/h4-11H,3H2,1-2H3,(H,21,22)(H,23,24). The number of carbonyl (C=O) groups excluding carboxylic acids is 1. The highest BCUT2D eigenvalue weighted by molar-refractivity contribution is 9.10. The Labute approximate surface area is 171 Å². The number of para-hydroxylation sites is 1. The molecule has 1 heterocycles. The summed E-state index contributed by atoms with van der Waals surface area (Å²) in [6.07, 6.45) is 0.485. The summed E-state index contributed by atoms with van der Waals surface area (Å²) in [7, 11) is -2.76. The number of nitrogens with zero attached hydrogens (tertiary/aromatic N) is 1. The van der Waals surface area contributed by atoms with Crippen LogP contribution in [-0.2, 0) is 16.4 Å². The Hall–Kier alpha value is -2.65. The lowest BCUT2D eigenvalue weighted by atomic mass is 10.2. The third kappa shape index (κ3) is 4.10. The molecule has 0 bridgehead atoms. The Balaban J connectivity index is 1.94. The van der Waals surface area contributed by atoms with Gasteiger partial charge in [-0.2, -0.15) is 0 Å². The van der Waals surface area contributed by atoms with Crippen molar-refractivity contribution in [1.29, 1.82) is 0 Å². The molecule has 9 heteroatoms. The van der Waals surface area contributed by atoms with E-state index in [1.807, 2.05) is 31.2 Å². The molecular formula is C19H18BrN3O4S. The van der Waals surface area contributed by atoms with Crippen molar-refractivity contribution in [3.05, 3.63) is 64.4 Å². The fraction of sp³-hybridized carbons (Fsp3) is 0.158. The van der Waals surface area contributed by atoms with E-state index in [4.69, 9.17) is 4.74 Å². The molecule has 0 aliphatic heterocycles. The van der Waals surface area contributed by atoms with Crippen LogP contribution in [0.3, 0.4) is 0 Å². The lowest BCUT2D eigenvalue weighted by Crippen LogP contribution is -2.31. The minimum Gasteiger partial charge on any atom is -0.495 e. The summed E-state index contributed by atoms with van der Waals surface area (Å²) in [6.45, 7) is 1.85. The molecule has 3 aromatic rings. The van der Waals surface area contributed by atoms with Gasteiger partial charge in [-0.15, -0.1) is 0 Å². The smallest absolute Gasteiger partial charge is 0.285 e. The summed E-state index contributed by atoms with van der Waals surface area (Å²) < 4.78 is 33.3. The van der Waals surface area contributed by atoms with Crippen molar-refractivity contribution in [2.45, 2.75) is 18.2 Å². The summed E-state index contributed by atoms with van der Waals surface area (Å²) in [6, 6.07) is 13.5. The normalized spacial score (nSPS) is 11.2. The Bertz CT molecular complexity index is 1130. The predicted molar refractivity (Wildman–Crippen MR) is 109 cm³/mol. The van der Waals surface area contributed by atoms with Crippen LogP contribution in [0, 0.1) is 0 Å². The first-order chi connectivity index (χ1) is 13.4. The molecule has 3 rings (SSSR count). The monoisotopic (exact) mass is 463 g/mol.